The molecule has 1 heterocycles. The summed E-state index contributed by atoms with van der Waals surface area (Å²) in [6, 6.07) is 4.61. The van der Waals surface area contributed by atoms with E-state index in [0.717, 1.165) is 9.21 Å². The molecule has 9 nitrogen and oxygen atoms in total. The van der Waals surface area contributed by atoms with E-state index in [1.807, 2.05) is 0 Å². The number of benzene rings is 1. The largest absolute Gasteiger partial charge is 0.465 e. The van der Waals surface area contributed by atoms with Crippen LogP contribution in [0.25, 0.3) is 0 Å². The predicted molar refractivity (Wildman–Crippen MR) is 73.9 cm³/mol. The molecule has 1 aromatic carbocycles. The average molecular weight is 315 g/mol. The Labute approximate surface area is 121 Å². The van der Waals surface area contributed by atoms with Gasteiger partial charge in [-0.2, -0.15) is 0 Å². The molecule has 1 fully saturated rings. The van der Waals surface area contributed by atoms with E-state index in [4.69, 9.17) is 5.11 Å². The van der Waals surface area contributed by atoms with Gasteiger partial charge >= 0.3 is 6.09 Å². The van der Waals surface area contributed by atoms with Crippen molar-refractivity contribution in [2.24, 2.45) is 0 Å². The minimum atomic E-state index is -2.97. The van der Waals surface area contributed by atoms with Gasteiger partial charge in [-0.3, -0.25) is 14.4 Å². The van der Waals surface area contributed by atoms with Crippen molar-refractivity contribution in [1.82, 2.24) is 4.90 Å². The van der Waals surface area contributed by atoms with Gasteiger partial charge in [-0.1, -0.05) is 0 Å². The number of carboxylic acid groups (broad SMARTS) is 1. The van der Waals surface area contributed by atoms with E-state index in [1.165, 1.54) is 24.3 Å². The van der Waals surface area contributed by atoms with Crippen LogP contribution in [0.4, 0.5) is 16.2 Å². The van der Waals surface area contributed by atoms with Gasteiger partial charge in [0.2, 0.25) is 10.9 Å². The molecule has 1 amide bonds. The van der Waals surface area contributed by atoms with Crippen LogP contribution in [0.5, 0.6) is 0 Å². The van der Waals surface area contributed by atoms with Crippen molar-refractivity contribution in [2.75, 3.05) is 17.4 Å². The molecule has 0 bridgehead atoms. The Hall–Kier alpha value is -2.36. The van der Waals surface area contributed by atoms with E-state index in [2.05, 4.69) is 0 Å². The number of rotatable bonds is 4. The lowest BCUT2D eigenvalue weighted by Gasteiger charge is -2.24. The summed E-state index contributed by atoms with van der Waals surface area (Å²) >= 11 is 0. The van der Waals surface area contributed by atoms with Gasteiger partial charge in [-0.15, -0.1) is 0 Å². The number of hydrogen-bond acceptors (Lipinski definition) is 5. The highest BCUT2D eigenvalue weighted by Gasteiger charge is 2.32. The van der Waals surface area contributed by atoms with Gasteiger partial charge in [-0.25, -0.2) is 13.2 Å². The van der Waals surface area contributed by atoms with Gasteiger partial charge < -0.3 is 10.0 Å². The first-order chi connectivity index (χ1) is 9.90. The van der Waals surface area contributed by atoms with E-state index in [0.29, 0.717) is 6.42 Å². The fourth-order valence-corrected chi connectivity index (χ4v) is 3.06. The number of amides is 1. The van der Waals surface area contributed by atoms with Crippen LogP contribution in [0, 0.1) is 10.1 Å². The molecule has 10 heteroatoms. The quantitative estimate of drug-likeness (QED) is 0.479. The summed E-state index contributed by atoms with van der Waals surface area (Å²) < 4.78 is 24.0. The summed E-state index contributed by atoms with van der Waals surface area (Å²) in [7, 11) is -2.97. The van der Waals surface area contributed by atoms with E-state index in [9.17, 15) is 23.3 Å². The van der Waals surface area contributed by atoms with Crippen LogP contribution in [0.2, 0.25) is 0 Å². The summed E-state index contributed by atoms with van der Waals surface area (Å²) in [5.74, 6) is 0. The molecule has 0 saturated carbocycles. The van der Waals surface area contributed by atoms with Crippen molar-refractivity contribution in [3.63, 3.8) is 0 Å². The monoisotopic (exact) mass is 315 g/mol. The molecule has 1 aliphatic rings. The third-order valence-corrected chi connectivity index (χ3v) is 4.19. The Balaban J connectivity index is 2.24. The minimum Gasteiger partial charge on any atom is -0.465 e. The zero-order valence-electron chi connectivity index (χ0n) is 10.8. The summed E-state index contributed by atoms with van der Waals surface area (Å²) in [5.41, 5.74) is 0.146. The van der Waals surface area contributed by atoms with Gasteiger partial charge in [0.05, 0.1) is 16.7 Å². The molecule has 0 spiro atoms. The van der Waals surface area contributed by atoms with Gasteiger partial charge in [-0.05, 0) is 18.6 Å². The molecule has 0 radical (unpaired) electrons. The molecular formula is C11H13N3O6S. The number of carbonyl (C=O) groups is 1. The number of hydrogen-bond donors (Lipinski definition) is 2. The van der Waals surface area contributed by atoms with Crippen molar-refractivity contribution < 1.29 is 23.2 Å². The predicted octanol–water partition coefficient (Wildman–Crippen LogP) is 0.680. The highest BCUT2D eigenvalue weighted by molar-refractivity contribution is 7.74. The van der Waals surface area contributed by atoms with Crippen LogP contribution in [0.15, 0.2) is 24.3 Å². The molecule has 1 aliphatic heterocycles. The smallest absolute Gasteiger partial charge is 0.407 e. The summed E-state index contributed by atoms with van der Waals surface area (Å²) in [6.07, 6.45) is -0.714. The van der Waals surface area contributed by atoms with Crippen LogP contribution in [-0.4, -0.2) is 48.6 Å². The van der Waals surface area contributed by atoms with Crippen molar-refractivity contribution in [1.29, 1.82) is 0 Å². The van der Waals surface area contributed by atoms with E-state index < -0.39 is 27.9 Å². The maximum atomic E-state index is 11.4. The van der Waals surface area contributed by atoms with Crippen molar-refractivity contribution in [3.05, 3.63) is 34.4 Å². The van der Waals surface area contributed by atoms with Crippen LogP contribution < -0.4 is 4.31 Å². The van der Waals surface area contributed by atoms with Gasteiger partial charge in [0.15, 0.2) is 0 Å². The molecule has 0 aliphatic carbocycles. The zero-order chi connectivity index (χ0) is 15.6. The molecule has 0 aromatic heterocycles. The second kappa shape index (κ2) is 5.95. The van der Waals surface area contributed by atoms with Crippen molar-refractivity contribution >= 4 is 28.4 Å². The highest BCUT2D eigenvalue weighted by atomic mass is 32.2. The van der Waals surface area contributed by atoms with E-state index in [-0.39, 0.29) is 24.5 Å². The van der Waals surface area contributed by atoms with Crippen LogP contribution >= 0.6 is 0 Å². The van der Waals surface area contributed by atoms with Crippen LogP contribution in [0.1, 0.15) is 6.42 Å². The maximum absolute atomic E-state index is 11.4. The SMILES string of the molecule is O=C(O)N1CC[C@@H](N(c2ccc([N+](=O)[O-])cc2)[SH](=O)=O)C1. The number of likely N-dealkylation sites (tertiary alicyclic amines) is 1. The average Bonchev–Trinajstić information content (AvgIpc) is 2.88. The first kappa shape index (κ1) is 15.0. The van der Waals surface area contributed by atoms with E-state index >= 15 is 0 Å². The molecule has 1 aromatic rings. The third-order valence-electron chi connectivity index (χ3n) is 3.28. The number of nitro groups is 1. The normalized spacial score (nSPS) is 18.0. The lowest BCUT2D eigenvalue weighted by Crippen LogP contribution is -2.37. The highest BCUT2D eigenvalue weighted by Crippen LogP contribution is 2.25. The lowest BCUT2D eigenvalue weighted by atomic mass is 10.2. The fraction of sp³-hybridized carbons (Fsp3) is 0.364. The maximum Gasteiger partial charge on any atom is 0.407 e. The molecule has 21 heavy (non-hydrogen) atoms. The van der Waals surface area contributed by atoms with Gasteiger partial charge in [0, 0.05) is 25.2 Å². The molecule has 1 atom stereocenters. The van der Waals surface area contributed by atoms with Crippen LogP contribution in [0.3, 0.4) is 0 Å². The topological polar surface area (TPSA) is 121 Å². The fourth-order valence-electron chi connectivity index (χ4n) is 2.28. The van der Waals surface area contributed by atoms with Crippen molar-refractivity contribution in [2.45, 2.75) is 12.5 Å². The molecule has 0 unspecified atom stereocenters. The number of thiol groups is 1. The van der Waals surface area contributed by atoms with Crippen molar-refractivity contribution in [3.8, 4) is 0 Å². The Kier molecular flexibility index (Phi) is 4.26. The third kappa shape index (κ3) is 3.21. The van der Waals surface area contributed by atoms with E-state index in [1.54, 1.807) is 0 Å². The number of nitro benzene ring substituents is 1. The zero-order valence-corrected chi connectivity index (χ0v) is 11.7. The number of non-ortho nitro benzene ring substituents is 1. The summed E-state index contributed by atoms with van der Waals surface area (Å²) in [4.78, 5) is 22.0. The lowest BCUT2D eigenvalue weighted by molar-refractivity contribution is -0.384. The molecule has 114 valence electrons. The number of nitrogens with zero attached hydrogens (tertiary/aromatic N) is 3. The second-order valence-corrected chi connectivity index (χ2v) is 5.43. The standard InChI is InChI=1S/C11H13N3O6S/c15-11(16)12-6-5-10(7-12)13(21(19)20)8-1-3-9(4-2-8)14(17)18/h1-4,10,21H,5-7H2,(H,15,16)/t10-/m1/s1. The molecule has 2 rings (SSSR count). The first-order valence-electron chi connectivity index (χ1n) is 6.06. The Morgan fingerprint density at radius 2 is 2.00 bits per heavy atom. The Morgan fingerprint density at radius 1 is 1.38 bits per heavy atom. The summed E-state index contributed by atoms with van der Waals surface area (Å²) in [5, 5.41) is 19.5. The van der Waals surface area contributed by atoms with Gasteiger partial charge in [0.25, 0.3) is 5.69 Å². The van der Waals surface area contributed by atoms with Gasteiger partial charge in [0.1, 0.15) is 0 Å². The summed E-state index contributed by atoms with van der Waals surface area (Å²) in [6.45, 7) is 0.336. The number of anilines is 1. The molecular weight excluding hydrogens is 302 g/mol. The Bertz CT molecular complexity index is 621. The minimum absolute atomic E-state index is 0.0790. The second-order valence-electron chi connectivity index (χ2n) is 4.53. The van der Waals surface area contributed by atoms with Crippen LogP contribution in [-0.2, 0) is 10.9 Å². The molecule has 1 N–H and O–H groups in total. The Morgan fingerprint density at radius 3 is 2.43 bits per heavy atom. The first-order valence-corrected chi connectivity index (χ1v) is 7.19. The molecule has 1 saturated heterocycles.